The van der Waals surface area contributed by atoms with Crippen molar-refractivity contribution in [1.29, 1.82) is 0 Å². The monoisotopic (exact) mass is 355 g/mol. The largest absolute Gasteiger partial charge is 0.355 e. The summed E-state index contributed by atoms with van der Waals surface area (Å²) in [5.74, 6) is -1.16. The molecule has 24 heavy (non-hydrogen) atoms. The SMILES string of the molecule is CCNC(=O)CNC(=O)[C@H](C)NS(=O)(=O)c1ccc(C(C)=O)cc1. The average molecular weight is 355 g/mol. The summed E-state index contributed by atoms with van der Waals surface area (Å²) in [7, 11) is -3.92. The second-order valence-electron chi connectivity index (χ2n) is 5.09. The van der Waals surface area contributed by atoms with Crippen LogP contribution >= 0.6 is 0 Å². The molecule has 0 spiro atoms. The van der Waals surface area contributed by atoms with E-state index in [9.17, 15) is 22.8 Å². The van der Waals surface area contributed by atoms with Gasteiger partial charge in [-0.3, -0.25) is 14.4 Å². The van der Waals surface area contributed by atoms with Gasteiger partial charge >= 0.3 is 0 Å². The van der Waals surface area contributed by atoms with Gasteiger partial charge in [0.05, 0.1) is 17.5 Å². The molecule has 0 aromatic heterocycles. The van der Waals surface area contributed by atoms with Gasteiger partial charge in [-0.05, 0) is 32.9 Å². The molecule has 0 saturated carbocycles. The van der Waals surface area contributed by atoms with E-state index in [1.807, 2.05) is 0 Å². The summed E-state index contributed by atoms with van der Waals surface area (Å²) in [4.78, 5) is 34.3. The summed E-state index contributed by atoms with van der Waals surface area (Å²) < 4.78 is 26.6. The molecule has 0 bridgehead atoms. The zero-order valence-corrected chi connectivity index (χ0v) is 14.6. The summed E-state index contributed by atoms with van der Waals surface area (Å²) >= 11 is 0. The van der Waals surface area contributed by atoms with Crippen molar-refractivity contribution >= 4 is 27.6 Å². The standard InChI is InChI=1S/C15H21N3O5S/c1-4-16-14(20)9-17-15(21)10(2)18-24(22,23)13-7-5-12(6-8-13)11(3)19/h5-8,10,18H,4,9H2,1-3H3,(H,16,20)(H,17,21)/t10-/m0/s1. The van der Waals surface area contributed by atoms with E-state index in [2.05, 4.69) is 15.4 Å². The molecular weight excluding hydrogens is 334 g/mol. The Hall–Kier alpha value is -2.26. The van der Waals surface area contributed by atoms with Gasteiger partial charge in [-0.2, -0.15) is 4.72 Å². The Kier molecular flexibility index (Phi) is 7.05. The molecular formula is C15H21N3O5S. The Balaban J connectivity index is 2.70. The van der Waals surface area contributed by atoms with Gasteiger partial charge in [0.25, 0.3) is 0 Å². The molecule has 0 heterocycles. The summed E-state index contributed by atoms with van der Waals surface area (Å²) in [6.07, 6.45) is 0. The first-order chi connectivity index (χ1) is 11.2. The number of rotatable bonds is 8. The number of carbonyl (C=O) groups excluding carboxylic acids is 3. The number of nitrogens with one attached hydrogen (secondary N) is 3. The second-order valence-corrected chi connectivity index (χ2v) is 6.81. The number of hydrogen-bond acceptors (Lipinski definition) is 5. The summed E-state index contributed by atoms with van der Waals surface area (Å²) in [5, 5.41) is 4.85. The molecule has 0 aliphatic rings. The quantitative estimate of drug-likeness (QED) is 0.558. The third-order valence-corrected chi connectivity index (χ3v) is 4.65. The fraction of sp³-hybridized carbons (Fsp3) is 0.400. The Morgan fingerprint density at radius 3 is 2.17 bits per heavy atom. The molecule has 3 N–H and O–H groups in total. The van der Waals surface area contributed by atoms with Crippen molar-refractivity contribution in [2.45, 2.75) is 31.7 Å². The van der Waals surface area contributed by atoms with Gasteiger partial charge in [0.15, 0.2) is 5.78 Å². The number of sulfonamides is 1. The Morgan fingerprint density at radius 1 is 1.08 bits per heavy atom. The van der Waals surface area contributed by atoms with Crippen LogP contribution in [0, 0.1) is 0 Å². The minimum absolute atomic E-state index is 0.0594. The fourth-order valence-electron chi connectivity index (χ4n) is 1.80. The number of amides is 2. The number of Topliss-reactive ketones (excluding diaryl/α,β-unsaturated/α-hetero) is 1. The van der Waals surface area contributed by atoms with Crippen LogP contribution in [0.4, 0.5) is 0 Å². The molecule has 0 aliphatic carbocycles. The lowest BCUT2D eigenvalue weighted by atomic mass is 10.2. The summed E-state index contributed by atoms with van der Waals surface area (Å²) in [5.41, 5.74) is 0.390. The predicted molar refractivity (Wildman–Crippen MR) is 87.9 cm³/mol. The molecule has 0 aliphatic heterocycles. The number of carbonyl (C=O) groups is 3. The van der Waals surface area contributed by atoms with E-state index in [1.54, 1.807) is 6.92 Å². The molecule has 9 heteroatoms. The zero-order valence-electron chi connectivity index (χ0n) is 13.8. The maximum atomic E-state index is 12.2. The Bertz CT molecular complexity index is 713. The van der Waals surface area contributed by atoms with Crippen LogP contribution in [-0.2, 0) is 19.6 Å². The highest BCUT2D eigenvalue weighted by Crippen LogP contribution is 2.11. The first kappa shape index (κ1) is 19.8. The van der Waals surface area contributed by atoms with E-state index in [-0.39, 0.29) is 23.1 Å². The zero-order chi connectivity index (χ0) is 18.3. The van der Waals surface area contributed by atoms with Gasteiger partial charge in [-0.25, -0.2) is 8.42 Å². The highest BCUT2D eigenvalue weighted by atomic mass is 32.2. The van der Waals surface area contributed by atoms with Crippen molar-refractivity contribution in [3.8, 4) is 0 Å². The summed E-state index contributed by atoms with van der Waals surface area (Å²) in [6.45, 7) is 4.70. The highest BCUT2D eigenvalue weighted by molar-refractivity contribution is 7.89. The number of benzene rings is 1. The molecule has 0 radical (unpaired) electrons. The fourth-order valence-corrected chi connectivity index (χ4v) is 3.01. The first-order valence-corrected chi connectivity index (χ1v) is 8.83. The van der Waals surface area contributed by atoms with Crippen molar-refractivity contribution in [1.82, 2.24) is 15.4 Å². The molecule has 2 amide bonds. The highest BCUT2D eigenvalue weighted by Gasteiger charge is 2.22. The van der Waals surface area contributed by atoms with Crippen LogP contribution in [0.3, 0.4) is 0 Å². The minimum Gasteiger partial charge on any atom is -0.355 e. The van der Waals surface area contributed by atoms with Gasteiger partial charge in [-0.1, -0.05) is 12.1 Å². The maximum absolute atomic E-state index is 12.2. The molecule has 0 saturated heterocycles. The van der Waals surface area contributed by atoms with Crippen molar-refractivity contribution in [2.24, 2.45) is 0 Å². The second kappa shape index (κ2) is 8.55. The van der Waals surface area contributed by atoms with Crippen LogP contribution in [0.1, 0.15) is 31.1 Å². The third kappa shape index (κ3) is 5.74. The van der Waals surface area contributed by atoms with Gasteiger partial charge in [0, 0.05) is 12.1 Å². The van der Waals surface area contributed by atoms with Gasteiger partial charge in [0.1, 0.15) is 0 Å². The first-order valence-electron chi connectivity index (χ1n) is 7.35. The number of ketones is 1. The lowest BCUT2D eigenvalue weighted by Gasteiger charge is -2.14. The molecule has 1 atom stereocenters. The molecule has 1 rings (SSSR count). The molecule has 1 aromatic carbocycles. The van der Waals surface area contributed by atoms with Crippen LogP contribution in [0.2, 0.25) is 0 Å². The topological polar surface area (TPSA) is 121 Å². The molecule has 0 unspecified atom stereocenters. The van der Waals surface area contributed by atoms with Crippen LogP contribution < -0.4 is 15.4 Å². The van der Waals surface area contributed by atoms with E-state index in [1.165, 1.54) is 38.1 Å². The van der Waals surface area contributed by atoms with E-state index in [0.717, 1.165) is 0 Å². The maximum Gasteiger partial charge on any atom is 0.241 e. The predicted octanol–water partition coefficient (Wildman–Crippen LogP) is -0.192. The number of likely N-dealkylation sites (N-methyl/N-ethyl adjacent to an activating group) is 1. The van der Waals surface area contributed by atoms with E-state index < -0.39 is 22.0 Å². The Labute approximate surface area is 141 Å². The normalized spacial score (nSPS) is 12.3. The lowest BCUT2D eigenvalue weighted by Crippen LogP contribution is -2.47. The molecule has 0 fully saturated rings. The van der Waals surface area contributed by atoms with Gasteiger partial charge in [-0.15, -0.1) is 0 Å². The molecule has 132 valence electrons. The van der Waals surface area contributed by atoms with Crippen molar-refractivity contribution in [3.63, 3.8) is 0 Å². The van der Waals surface area contributed by atoms with E-state index >= 15 is 0 Å². The Morgan fingerprint density at radius 2 is 1.67 bits per heavy atom. The minimum atomic E-state index is -3.92. The van der Waals surface area contributed by atoms with E-state index in [4.69, 9.17) is 0 Å². The lowest BCUT2D eigenvalue weighted by molar-refractivity contribution is -0.126. The van der Waals surface area contributed by atoms with Crippen molar-refractivity contribution in [3.05, 3.63) is 29.8 Å². The van der Waals surface area contributed by atoms with Crippen LogP contribution in [0.5, 0.6) is 0 Å². The number of hydrogen-bond donors (Lipinski definition) is 3. The van der Waals surface area contributed by atoms with Crippen LogP contribution in [0.25, 0.3) is 0 Å². The van der Waals surface area contributed by atoms with Crippen LogP contribution in [0.15, 0.2) is 29.2 Å². The molecule has 1 aromatic rings. The van der Waals surface area contributed by atoms with Gasteiger partial charge < -0.3 is 10.6 Å². The smallest absolute Gasteiger partial charge is 0.241 e. The van der Waals surface area contributed by atoms with Gasteiger partial charge in [0.2, 0.25) is 21.8 Å². The van der Waals surface area contributed by atoms with Crippen molar-refractivity contribution < 1.29 is 22.8 Å². The average Bonchev–Trinajstić information content (AvgIpc) is 2.52. The van der Waals surface area contributed by atoms with Crippen molar-refractivity contribution in [2.75, 3.05) is 13.1 Å². The molecule has 8 nitrogen and oxygen atoms in total. The third-order valence-electron chi connectivity index (χ3n) is 3.09. The van der Waals surface area contributed by atoms with E-state index in [0.29, 0.717) is 12.1 Å². The van der Waals surface area contributed by atoms with Crippen LogP contribution in [-0.4, -0.2) is 45.1 Å². The summed E-state index contributed by atoms with van der Waals surface area (Å²) in [6, 6.07) is 4.32.